The lowest BCUT2D eigenvalue weighted by molar-refractivity contribution is 0.573. The van der Waals surface area contributed by atoms with Gasteiger partial charge in [-0.25, -0.2) is 9.97 Å². The number of fused-ring (bicyclic) bond motifs is 1. The summed E-state index contributed by atoms with van der Waals surface area (Å²) in [5, 5.41) is 1.12. The first kappa shape index (κ1) is 10.6. The zero-order valence-electron chi connectivity index (χ0n) is 9.37. The van der Waals surface area contributed by atoms with E-state index in [1.807, 2.05) is 17.8 Å². The Balaban J connectivity index is 2.87. The molecule has 0 aliphatic heterocycles. The molecule has 15 heavy (non-hydrogen) atoms. The molecular weight excluding hydrogens is 254 g/mol. The van der Waals surface area contributed by atoms with Crippen LogP contribution in [0.1, 0.15) is 26.5 Å². The maximum atomic E-state index is 4.40. The molecule has 0 N–H and O–H groups in total. The molecule has 0 saturated carbocycles. The fourth-order valence-electron chi connectivity index (χ4n) is 1.73. The molecule has 0 bridgehead atoms. The van der Waals surface area contributed by atoms with Gasteiger partial charge in [0.15, 0.2) is 0 Å². The summed E-state index contributed by atoms with van der Waals surface area (Å²) in [5.74, 6) is 0. The zero-order valence-corrected chi connectivity index (χ0v) is 11.0. The number of aryl methyl sites for hydroxylation is 1. The number of nitrogens with zero attached hydrogens (tertiary/aromatic N) is 3. The van der Waals surface area contributed by atoms with Crippen molar-refractivity contribution in [3.63, 3.8) is 0 Å². The first-order chi connectivity index (χ1) is 6.91. The minimum atomic E-state index is 0.0328. The maximum Gasteiger partial charge on any atom is 0.144 e. The van der Waals surface area contributed by atoms with E-state index in [0.717, 1.165) is 21.2 Å². The van der Waals surface area contributed by atoms with E-state index in [4.69, 9.17) is 0 Å². The predicted molar refractivity (Wildman–Crippen MR) is 64.9 cm³/mol. The summed E-state index contributed by atoms with van der Waals surface area (Å²) >= 11 is 3.56. The van der Waals surface area contributed by atoms with Crippen LogP contribution in [-0.4, -0.2) is 14.5 Å². The molecule has 0 amide bonds. The van der Waals surface area contributed by atoms with Gasteiger partial charge >= 0.3 is 0 Å². The zero-order chi connectivity index (χ0) is 11.2. The van der Waals surface area contributed by atoms with Gasteiger partial charge in [0.2, 0.25) is 0 Å². The summed E-state index contributed by atoms with van der Waals surface area (Å²) in [6, 6.07) is 0. The Morgan fingerprint density at radius 3 is 2.53 bits per heavy atom. The molecule has 0 atom stereocenters. The summed E-state index contributed by atoms with van der Waals surface area (Å²) in [5.41, 5.74) is 2.09. The summed E-state index contributed by atoms with van der Waals surface area (Å²) < 4.78 is 3.07. The van der Waals surface area contributed by atoms with Gasteiger partial charge in [0.05, 0.1) is 11.1 Å². The number of aromatic nitrogens is 3. The van der Waals surface area contributed by atoms with Crippen molar-refractivity contribution in [2.75, 3.05) is 0 Å². The van der Waals surface area contributed by atoms with Crippen LogP contribution in [0, 0.1) is 0 Å². The van der Waals surface area contributed by atoms with Crippen molar-refractivity contribution >= 4 is 27.0 Å². The maximum absolute atomic E-state index is 4.40. The second-order valence-electron chi connectivity index (χ2n) is 4.76. The molecule has 4 heteroatoms. The highest BCUT2D eigenvalue weighted by Gasteiger charge is 2.21. The minimum absolute atomic E-state index is 0.0328. The van der Waals surface area contributed by atoms with E-state index in [1.54, 1.807) is 6.33 Å². The molecule has 0 fully saturated rings. The Labute approximate surface area is 97.7 Å². The van der Waals surface area contributed by atoms with Gasteiger partial charge in [-0.2, -0.15) is 0 Å². The van der Waals surface area contributed by atoms with E-state index in [9.17, 15) is 0 Å². The average Bonchev–Trinajstić information content (AvgIpc) is 2.41. The Morgan fingerprint density at radius 1 is 1.27 bits per heavy atom. The quantitative estimate of drug-likeness (QED) is 0.735. The molecule has 3 nitrogen and oxygen atoms in total. The van der Waals surface area contributed by atoms with E-state index in [-0.39, 0.29) is 5.41 Å². The molecular formula is C11H14BrN3. The second kappa shape index (κ2) is 3.30. The van der Waals surface area contributed by atoms with E-state index in [2.05, 4.69) is 46.7 Å². The van der Waals surface area contributed by atoms with Crippen LogP contribution in [0.4, 0.5) is 0 Å². The Morgan fingerprint density at radius 2 is 1.93 bits per heavy atom. The van der Waals surface area contributed by atoms with Gasteiger partial charge in [-0.05, 0) is 15.9 Å². The number of rotatable bonds is 0. The average molecular weight is 268 g/mol. The SMILES string of the molecule is Cn1cc(Br)c2c(C(C)(C)C)ncnc21. The van der Waals surface area contributed by atoms with Crippen LogP contribution < -0.4 is 0 Å². The third-order valence-electron chi connectivity index (χ3n) is 2.42. The monoisotopic (exact) mass is 267 g/mol. The lowest BCUT2D eigenvalue weighted by Gasteiger charge is -2.18. The van der Waals surface area contributed by atoms with Crippen molar-refractivity contribution in [1.29, 1.82) is 0 Å². The molecule has 80 valence electrons. The Kier molecular flexibility index (Phi) is 2.34. The molecule has 0 radical (unpaired) electrons. The Hall–Kier alpha value is -0.900. The predicted octanol–water partition coefficient (Wildman–Crippen LogP) is 3.03. The van der Waals surface area contributed by atoms with Crippen LogP contribution >= 0.6 is 15.9 Å². The van der Waals surface area contributed by atoms with E-state index in [0.29, 0.717) is 0 Å². The summed E-state index contributed by atoms with van der Waals surface area (Å²) in [6.45, 7) is 6.48. The van der Waals surface area contributed by atoms with E-state index in [1.165, 1.54) is 0 Å². The molecule has 0 aliphatic carbocycles. The molecule has 0 aromatic carbocycles. The topological polar surface area (TPSA) is 30.7 Å². The number of hydrogen-bond donors (Lipinski definition) is 0. The molecule has 2 aromatic rings. The molecule has 0 saturated heterocycles. The van der Waals surface area contributed by atoms with Crippen molar-refractivity contribution < 1.29 is 0 Å². The summed E-state index contributed by atoms with van der Waals surface area (Å²) in [7, 11) is 1.99. The highest BCUT2D eigenvalue weighted by atomic mass is 79.9. The van der Waals surface area contributed by atoms with Crippen molar-refractivity contribution in [2.45, 2.75) is 26.2 Å². The van der Waals surface area contributed by atoms with E-state index >= 15 is 0 Å². The summed E-state index contributed by atoms with van der Waals surface area (Å²) in [4.78, 5) is 8.70. The molecule has 2 rings (SSSR count). The third kappa shape index (κ3) is 1.67. The van der Waals surface area contributed by atoms with Crippen molar-refractivity contribution in [3.05, 3.63) is 22.7 Å². The first-order valence-corrected chi connectivity index (χ1v) is 5.66. The molecule has 0 aliphatic rings. The van der Waals surface area contributed by atoms with Crippen LogP contribution in [0.3, 0.4) is 0 Å². The van der Waals surface area contributed by atoms with Gasteiger partial charge in [0.25, 0.3) is 0 Å². The van der Waals surface area contributed by atoms with Crippen LogP contribution in [0.25, 0.3) is 11.0 Å². The smallest absolute Gasteiger partial charge is 0.144 e. The van der Waals surface area contributed by atoms with Crippen LogP contribution in [0.2, 0.25) is 0 Å². The number of halogens is 1. The molecule has 2 aromatic heterocycles. The van der Waals surface area contributed by atoms with Gasteiger partial charge in [-0.1, -0.05) is 20.8 Å². The van der Waals surface area contributed by atoms with Gasteiger partial charge in [0.1, 0.15) is 12.0 Å². The van der Waals surface area contributed by atoms with E-state index < -0.39 is 0 Å². The first-order valence-electron chi connectivity index (χ1n) is 4.87. The van der Waals surface area contributed by atoms with Gasteiger partial charge in [-0.3, -0.25) is 0 Å². The van der Waals surface area contributed by atoms with Crippen LogP contribution in [0.5, 0.6) is 0 Å². The lowest BCUT2D eigenvalue weighted by atomic mass is 9.90. The standard InChI is InChI=1S/C11H14BrN3/c1-11(2,3)9-8-7(12)5-15(4)10(8)14-6-13-9/h5-6H,1-4H3. The Bertz CT molecular complexity index is 508. The van der Waals surface area contributed by atoms with Crippen molar-refractivity contribution in [1.82, 2.24) is 14.5 Å². The van der Waals surface area contributed by atoms with Gasteiger partial charge in [0, 0.05) is 23.1 Å². The van der Waals surface area contributed by atoms with Crippen LogP contribution in [-0.2, 0) is 12.5 Å². The van der Waals surface area contributed by atoms with Crippen molar-refractivity contribution in [3.8, 4) is 0 Å². The highest BCUT2D eigenvalue weighted by Crippen LogP contribution is 2.32. The second-order valence-corrected chi connectivity index (χ2v) is 5.61. The largest absolute Gasteiger partial charge is 0.334 e. The van der Waals surface area contributed by atoms with Crippen LogP contribution in [0.15, 0.2) is 17.0 Å². The fraction of sp³-hybridized carbons (Fsp3) is 0.455. The minimum Gasteiger partial charge on any atom is -0.334 e. The molecule has 0 unspecified atom stereocenters. The molecule has 2 heterocycles. The lowest BCUT2D eigenvalue weighted by Crippen LogP contribution is -2.14. The summed E-state index contributed by atoms with van der Waals surface area (Å²) in [6.07, 6.45) is 3.66. The van der Waals surface area contributed by atoms with Gasteiger partial charge < -0.3 is 4.57 Å². The third-order valence-corrected chi connectivity index (χ3v) is 3.02. The van der Waals surface area contributed by atoms with Gasteiger partial charge in [-0.15, -0.1) is 0 Å². The normalized spacial score (nSPS) is 12.3. The fourth-order valence-corrected chi connectivity index (χ4v) is 2.40. The highest BCUT2D eigenvalue weighted by molar-refractivity contribution is 9.10. The molecule has 0 spiro atoms. The van der Waals surface area contributed by atoms with Crippen molar-refractivity contribution in [2.24, 2.45) is 7.05 Å². The number of hydrogen-bond acceptors (Lipinski definition) is 2.